The maximum absolute atomic E-state index is 11.1. The summed E-state index contributed by atoms with van der Waals surface area (Å²) < 4.78 is 5.27. The average molecular weight is 229 g/mol. The molecule has 0 atom stereocenters. The molecule has 17 heavy (non-hydrogen) atoms. The second-order valence-electron chi connectivity index (χ2n) is 4.58. The summed E-state index contributed by atoms with van der Waals surface area (Å²) in [5.74, 6) is 0.515. The number of fused-ring (bicyclic) bond motifs is 1. The van der Waals surface area contributed by atoms with Crippen LogP contribution in [0.1, 0.15) is 19.4 Å². The zero-order valence-electron chi connectivity index (χ0n) is 10.2. The molecule has 0 radical (unpaired) electrons. The molecule has 0 saturated carbocycles. The van der Waals surface area contributed by atoms with Gasteiger partial charge in [0.15, 0.2) is 0 Å². The lowest BCUT2D eigenvalue weighted by Gasteiger charge is -2.20. The van der Waals surface area contributed by atoms with Gasteiger partial charge in [0, 0.05) is 10.9 Å². The minimum atomic E-state index is -0.595. The van der Waals surface area contributed by atoms with Crippen molar-refractivity contribution in [3.63, 3.8) is 0 Å². The summed E-state index contributed by atoms with van der Waals surface area (Å²) in [6.07, 6.45) is 0.918. The molecule has 3 nitrogen and oxygen atoms in total. The van der Waals surface area contributed by atoms with Gasteiger partial charge in [-0.2, -0.15) is 0 Å². The molecule has 1 aromatic heterocycles. The van der Waals surface area contributed by atoms with Gasteiger partial charge in [-0.3, -0.25) is 0 Å². The second kappa shape index (κ2) is 4.17. The summed E-state index contributed by atoms with van der Waals surface area (Å²) in [6, 6.07) is 9.75. The van der Waals surface area contributed by atoms with E-state index in [-0.39, 0.29) is 0 Å². The number of aromatic nitrogens is 1. The molecule has 0 unspecified atom stereocenters. The average Bonchev–Trinajstić information content (AvgIpc) is 2.37. The van der Waals surface area contributed by atoms with Crippen molar-refractivity contribution in [1.82, 2.24) is 4.98 Å². The van der Waals surface area contributed by atoms with Gasteiger partial charge in [-0.05, 0) is 26.0 Å². The van der Waals surface area contributed by atoms with Crippen LogP contribution in [0, 0.1) is 0 Å². The molecule has 3 heteroatoms. The molecule has 0 N–H and O–H groups in total. The highest BCUT2D eigenvalue weighted by Gasteiger charge is 2.25. The van der Waals surface area contributed by atoms with Gasteiger partial charge in [0.25, 0.3) is 0 Å². The number of aldehydes is 1. The van der Waals surface area contributed by atoms with Crippen LogP contribution in [0.4, 0.5) is 0 Å². The summed E-state index contributed by atoms with van der Waals surface area (Å²) >= 11 is 0. The van der Waals surface area contributed by atoms with E-state index in [0.29, 0.717) is 5.88 Å². The monoisotopic (exact) mass is 229 g/mol. The Balaban J connectivity index is 2.73. The lowest BCUT2D eigenvalue weighted by Crippen LogP contribution is -2.20. The predicted octanol–water partition coefficient (Wildman–Crippen LogP) is 2.72. The third-order valence-corrected chi connectivity index (χ3v) is 2.87. The Labute approximate surface area is 100 Å². The van der Waals surface area contributed by atoms with E-state index in [1.165, 1.54) is 0 Å². The van der Waals surface area contributed by atoms with Crippen LogP contribution in [-0.4, -0.2) is 18.4 Å². The number of methoxy groups -OCH3 is 1. The summed E-state index contributed by atoms with van der Waals surface area (Å²) in [7, 11) is 1.57. The van der Waals surface area contributed by atoms with Crippen LogP contribution in [0.3, 0.4) is 0 Å². The van der Waals surface area contributed by atoms with Gasteiger partial charge >= 0.3 is 0 Å². The van der Waals surface area contributed by atoms with E-state index in [0.717, 1.165) is 22.8 Å². The van der Waals surface area contributed by atoms with Crippen LogP contribution in [0.2, 0.25) is 0 Å². The van der Waals surface area contributed by atoms with E-state index in [2.05, 4.69) is 4.98 Å². The SMILES string of the molecule is COc1nc2ccccc2cc1C(C)(C)C=O. The summed E-state index contributed by atoms with van der Waals surface area (Å²) in [5, 5.41) is 1.01. The Morgan fingerprint density at radius 2 is 2.00 bits per heavy atom. The fourth-order valence-corrected chi connectivity index (χ4v) is 1.78. The van der Waals surface area contributed by atoms with Gasteiger partial charge in [-0.25, -0.2) is 4.98 Å². The number of hydrogen-bond donors (Lipinski definition) is 0. The van der Waals surface area contributed by atoms with Crippen molar-refractivity contribution in [3.8, 4) is 5.88 Å². The zero-order chi connectivity index (χ0) is 12.5. The van der Waals surface area contributed by atoms with Gasteiger partial charge < -0.3 is 9.53 Å². The lowest BCUT2D eigenvalue weighted by atomic mass is 9.86. The lowest BCUT2D eigenvalue weighted by molar-refractivity contribution is -0.111. The highest BCUT2D eigenvalue weighted by atomic mass is 16.5. The first-order valence-electron chi connectivity index (χ1n) is 5.49. The predicted molar refractivity (Wildman–Crippen MR) is 67.4 cm³/mol. The molecule has 1 aromatic carbocycles. The minimum absolute atomic E-state index is 0.515. The van der Waals surface area contributed by atoms with Crippen LogP contribution in [-0.2, 0) is 10.2 Å². The topological polar surface area (TPSA) is 39.2 Å². The van der Waals surface area contributed by atoms with E-state index in [4.69, 9.17) is 4.74 Å². The van der Waals surface area contributed by atoms with Gasteiger partial charge in [-0.1, -0.05) is 18.2 Å². The Kier molecular flexibility index (Phi) is 2.84. The fourth-order valence-electron chi connectivity index (χ4n) is 1.78. The van der Waals surface area contributed by atoms with Crippen LogP contribution in [0.15, 0.2) is 30.3 Å². The number of ether oxygens (including phenoxy) is 1. The molecule has 0 fully saturated rings. The van der Waals surface area contributed by atoms with Crippen molar-refractivity contribution in [2.45, 2.75) is 19.3 Å². The molecule has 2 aromatic rings. The molecule has 88 valence electrons. The van der Waals surface area contributed by atoms with E-state index in [1.807, 2.05) is 44.2 Å². The standard InChI is InChI=1S/C14H15NO2/c1-14(2,9-16)11-8-10-6-4-5-7-12(10)15-13(11)17-3/h4-9H,1-3H3. The smallest absolute Gasteiger partial charge is 0.217 e. The van der Waals surface area contributed by atoms with E-state index < -0.39 is 5.41 Å². The normalized spacial score (nSPS) is 11.5. The number of hydrogen-bond acceptors (Lipinski definition) is 3. The number of rotatable bonds is 3. The van der Waals surface area contributed by atoms with Crippen LogP contribution >= 0.6 is 0 Å². The Hall–Kier alpha value is -1.90. The highest BCUT2D eigenvalue weighted by Crippen LogP contribution is 2.31. The Bertz CT molecular complexity index is 561. The molecule has 0 aliphatic heterocycles. The molecule has 0 saturated heterocycles. The number of nitrogens with zero attached hydrogens (tertiary/aromatic N) is 1. The summed E-state index contributed by atoms with van der Waals surface area (Å²) in [5.41, 5.74) is 1.09. The molecule has 0 aliphatic rings. The highest BCUT2D eigenvalue weighted by molar-refractivity contribution is 5.82. The van der Waals surface area contributed by atoms with Crippen molar-refractivity contribution >= 4 is 17.2 Å². The number of carbonyl (C=O) groups is 1. The molecule has 0 aliphatic carbocycles. The fraction of sp³-hybridized carbons (Fsp3) is 0.286. The number of benzene rings is 1. The van der Waals surface area contributed by atoms with Crippen LogP contribution in [0.5, 0.6) is 5.88 Å². The molecule has 0 bridgehead atoms. The molecular formula is C14H15NO2. The summed E-state index contributed by atoms with van der Waals surface area (Å²) in [6.45, 7) is 3.71. The van der Waals surface area contributed by atoms with Gasteiger partial charge in [0.2, 0.25) is 5.88 Å². The van der Waals surface area contributed by atoms with Crippen LogP contribution in [0.25, 0.3) is 10.9 Å². The first kappa shape index (κ1) is 11.6. The van der Waals surface area contributed by atoms with E-state index in [9.17, 15) is 4.79 Å². The van der Waals surface area contributed by atoms with Gasteiger partial charge in [0.1, 0.15) is 6.29 Å². The first-order chi connectivity index (χ1) is 8.08. The van der Waals surface area contributed by atoms with E-state index >= 15 is 0 Å². The zero-order valence-corrected chi connectivity index (χ0v) is 10.2. The largest absolute Gasteiger partial charge is 0.481 e. The van der Waals surface area contributed by atoms with Crippen molar-refractivity contribution < 1.29 is 9.53 Å². The maximum atomic E-state index is 11.1. The molecular weight excluding hydrogens is 214 g/mol. The van der Waals surface area contributed by atoms with Crippen molar-refractivity contribution in [3.05, 3.63) is 35.9 Å². The third kappa shape index (κ3) is 2.00. The third-order valence-electron chi connectivity index (χ3n) is 2.87. The van der Waals surface area contributed by atoms with Crippen molar-refractivity contribution in [2.75, 3.05) is 7.11 Å². The molecule has 2 rings (SSSR count). The minimum Gasteiger partial charge on any atom is -0.481 e. The van der Waals surface area contributed by atoms with E-state index in [1.54, 1.807) is 7.11 Å². The maximum Gasteiger partial charge on any atom is 0.217 e. The molecule has 0 amide bonds. The number of pyridine rings is 1. The Morgan fingerprint density at radius 1 is 1.29 bits per heavy atom. The summed E-state index contributed by atoms with van der Waals surface area (Å²) in [4.78, 5) is 15.6. The molecule has 0 spiro atoms. The van der Waals surface area contributed by atoms with Crippen molar-refractivity contribution in [2.24, 2.45) is 0 Å². The first-order valence-corrected chi connectivity index (χ1v) is 5.49. The molecule has 1 heterocycles. The Morgan fingerprint density at radius 3 is 2.65 bits per heavy atom. The number of carbonyl (C=O) groups excluding carboxylic acids is 1. The van der Waals surface area contributed by atoms with Crippen molar-refractivity contribution in [1.29, 1.82) is 0 Å². The number of para-hydroxylation sites is 1. The van der Waals surface area contributed by atoms with Gasteiger partial charge in [0.05, 0.1) is 18.0 Å². The van der Waals surface area contributed by atoms with Gasteiger partial charge in [-0.15, -0.1) is 0 Å². The second-order valence-corrected chi connectivity index (χ2v) is 4.58. The van der Waals surface area contributed by atoms with Crippen LogP contribution < -0.4 is 4.74 Å². The quantitative estimate of drug-likeness (QED) is 0.760.